The normalized spacial score (nSPS) is 23.8. The average Bonchev–Trinajstić information content (AvgIpc) is 2.24. The van der Waals surface area contributed by atoms with E-state index in [4.69, 9.17) is 0 Å². The van der Waals surface area contributed by atoms with E-state index in [2.05, 4.69) is 17.3 Å². The number of nitrogens with one attached hydrogen (secondary N) is 1. The molecule has 1 N–H and O–H groups in total. The van der Waals surface area contributed by atoms with Crippen LogP contribution in [0.2, 0.25) is 0 Å². The standard InChI is InChI=1S/C14H21FN2/c1-16-9-12-6-7-14(12)17(2)10-11-4-3-5-13(15)8-11/h3-5,8,12,14,16H,6-7,9-10H2,1-2H3. The summed E-state index contributed by atoms with van der Waals surface area (Å²) in [6, 6.07) is 7.54. The summed E-state index contributed by atoms with van der Waals surface area (Å²) in [6.07, 6.45) is 2.57. The smallest absolute Gasteiger partial charge is 0.123 e. The fourth-order valence-electron chi connectivity index (χ4n) is 2.67. The lowest BCUT2D eigenvalue weighted by Gasteiger charge is -2.43. The second-order valence-corrected chi connectivity index (χ2v) is 5.01. The van der Waals surface area contributed by atoms with Gasteiger partial charge < -0.3 is 5.32 Å². The molecule has 0 aromatic heterocycles. The van der Waals surface area contributed by atoms with Gasteiger partial charge in [-0.25, -0.2) is 4.39 Å². The Morgan fingerprint density at radius 1 is 1.41 bits per heavy atom. The van der Waals surface area contributed by atoms with Crippen LogP contribution in [0.5, 0.6) is 0 Å². The Balaban J connectivity index is 1.90. The van der Waals surface area contributed by atoms with Crippen LogP contribution in [0.3, 0.4) is 0 Å². The van der Waals surface area contributed by atoms with Crippen LogP contribution in [0.4, 0.5) is 4.39 Å². The van der Waals surface area contributed by atoms with Gasteiger partial charge in [-0.05, 0) is 57.1 Å². The van der Waals surface area contributed by atoms with Gasteiger partial charge in [0.05, 0.1) is 0 Å². The molecule has 2 unspecified atom stereocenters. The maximum atomic E-state index is 13.1. The second-order valence-electron chi connectivity index (χ2n) is 5.01. The second kappa shape index (κ2) is 5.61. The Kier molecular flexibility index (Phi) is 4.13. The molecule has 0 saturated heterocycles. The van der Waals surface area contributed by atoms with E-state index in [-0.39, 0.29) is 5.82 Å². The monoisotopic (exact) mass is 236 g/mol. The van der Waals surface area contributed by atoms with Crippen molar-refractivity contribution in [2.75, 3.05) is 20.6 Å². The zero-order valence-corrected chi connectivity index (χ0v) is 10.6. The van der Waals surface area contributed by atoms with Crippen LogP contribution in [0.25, 0.3) is 0 Å². The Morgan fingerprint density at radius 2 is 2.24 bits per heavy atom. The molecule has 94 valence electrons. The Hall–Kier alpha value is -0.930. The molecule has 1 aromatic carbocycles. The maximum absolute atomic E-state index is 13.1. The third-order valence-corrected chi connectivity index (χ3v) is 3.73. The molecule has 0 bridgehead atoms. The summed E-state index contributed by atoms with van der Waals surface area (Å²) >= 11 is 0. The third-order valence-electron chi connectivity index (χ3n) is 3.73. The molecule has 1 saturated carbocycles. The number of hydrogen-bond acceptors (Lipinski definition) is 2. The predicted octanol–water partition coefficient (Wildman–Crippen LogP) is 2.26. The molecule has 0 radical (unpaired) electrons. The van der Waals surface area contributed by atoms with Crippen molar-refractivity contribution in [3.63, 3.8) is 0 Å². The van der Waals surface area contributed by atoms with Gasteiger partial charge in [0.1, 0.15) is 5.82 Å². The highest BCUT2D eigenvalue weighted by Gasteiger charge is 2.32. The van der Waals surface area contributed by atoms with Crippen molar-refractivity contribution in [3.8, 4) is 0 Å². The number of hydrogen-bond donors (Lipinski definition) is 1. The van der Waals surface area contributed by atoms with E-state index in [9.17, 15) is 4.39 Å². The first kappa shape index (κ1) is 12.5. The van der Waals surface area contributed by atoms with E-state index < -0.39 is 0 Å². The lowest BCUT2D eigenvalue weighted by molar-refractivity contribution is 0.0793. The van der Waals surface area contributed by atoms with Gasteiger partial charge in [-0.15, -0.1) is 0 Å². The topological polar surface area (TPSA) is 15.3 Å². The quantitative estimate of drug-likeness (QED) is 0.843. The number of halogens is 1. The van der Waals surface area contributed by atoms with Crippen molar-refractivity contribution in [2.45, 2.75) is 25.4 Å². The molecule has 3 heteroatoms. The lowest BCUT2D eigenvalue weighted by atomic mass is 9.78. The summed E-state index contributed by atoms with van der Waals surface area (Å²) in [7, 11) is 4.14. The molecule has 1 aromatic rings. The van der Waals surface area contributed by atoms with Gasteiger partial charge in [0.2, 0.25) is 0 Å². The highest BCUT2D eigenvalue weighted by Crippen LogP contribution is 2.31. The van der Waals surface area contributed by atoms with Crippen molar-refractivity contribution in [1.29, 1.82) is 0 Å². The van der Waals surface area contributed by atoms with E-state index in [0.717, 1.165) is 24.6 Å². The van der Waals surface area contributed by atoms with Crippen molar-refractivity contribution in [1.82, 2.24) is 10.2 Å². The Bertz CT molecular complexity index is 367. The van der Waals surface area contributed by atoms with Crippen LogP contribution in [0.1, 0.15) is 18.4 Å². The van der Waals surface area contributed by atoms with Crippen LogP contribution >= 0.6 is 0 Å². The van der Waals surface area contributed by atoms with Crippen LogP contribution in [0.15, 0.2) is 24.3 Å². The number of rotatable bonds is 5. The van der Waals surface area contributed by atoms with E-state index in [1.807, 2.05) is 13.1 Å². The summed E-state index contributed by atoms with van der Waals surface area (Å²) in [6.45, 7) is 1.92. The van der Waals surface area contributed by atoms with Crippen molar-refractivity contribution in [2.24, 2.45) is 5.92 Å². The molecular weight excluding hydrogens is 215 g/mol. The molecule has 2 atom stereocenters. The fraction of sp³-hybridized carbons (Fsp3) is 0.571. The first-order valence-corrected chi connectivity index (χ1v) is 6.30. The van der Waals surface area contributed by atoms with Gasteiger partial charge in [-0.1, -0.05) is 12.1 Å². The van der Waals surface area contributed by atoms with Crippen molar-refractivity contribution >= 4 is 0 Å². The molecule has 0 aliphatic heterocycles. The molecule has 0 amide bonds. The fourth-order valence-corrected chi connectivity index (χ4v) is 2.67. The average molecular weight is 236 g/mol. The highest BCUT2D eigenvalue weighted by molar-refractivity contribution is 5.16. The molecule has 0 heterocycles. The lowest BCUT2D eigenvalue weighted by Crippen LogP contribution is -2.48. The van der Waals surface area contributed by atoms with E-state index >= 15 is 0 Å². The van der Waals surface area contributed by atoms with E-state index in [1.165, 1.54) is 18.9 Å². The van der Waals surface area contributed by atoms with Crippen LogP contribution < -0.4 is 5.32 Å². The number of nitrogens with zero attached hydrogens (tertiary/aromatic N) is 1. The molecule has 2 rings (SSSR count). The number of benzene rings is 1. The van der Waals surface area contributed by atoms with Gasteiger partial charge >= 0.3 is 0 Å². The SMILES string of the molecule is CNCC1CCC1N(C)Cc1cccc(F)c1. The van der Waals surface area contributed by atoms with Gasteiger partial charge in [-0.3, -0.25) is 4.90 Å². The summed E-state index contributed by atoms with van der Waals surface area (Å²) in [4.78, 5) is 2.35. The molecule has 2 nitrogen and oxygen atoms in total. The van der Waals surface area contributed by atoms with Crippen LogP contribution in [0, 0.1) is 11.7 Å². The first-order chi connectivity index (χ1) is 8.20. The van der Waals surface area contributed by atoms with Gasteiger partial charge in [0.25, 0.3) is 0 Å². The summed E-state index contributed by atoms with van der Waals surface area (Å²) in [5.41, 5.74) is 1.06. The van der Waals surface area contributed by atoms with Gasteiger partial charge in [0.15, 0.2) is 0 Å². The van der Waals surface area contributed by atoms with E-state index in [1.54, 1.807) is 12.1 Å². The van der Waals surface area contributed by atoms with Crippen molar-refractivity contribution < 1.29 is 4.39 Å². The Morgan fingerprint density at radius 3 is 2.82 bits per heavy atom. The molecular formula is C14H21FN2. The highest BCUT2D eigenvalue weighted by atomic mass is 19.1. The molecule has 17 heavy (non-hydrogen) atoms. The summed E-state index contributed by atoms with van der Waals surface area (Å²) in [5, 5.41) is 3.24. The summed E-state index contributed by atoms with van der Waals surface area (Å²) in [5.74, 6) is 0.606. The largest absolute Gasteiger partial charge is 0.319 e. The maximum Gasteiger partial charge on any atom is 0.123 e. The predicted molar refractivity (Wildman–Crippen MR) is 68.3 cm³/mol. The first-order valence-electron chi connectivity index (χ1n) is 6.30. The molecule has 1 fully saturated rings. The minimum Gasteiger partial charge on any atom is -0.319 e. The minimum absolute atomic E-state index is 0.142. The van der Waals surface area contributed by atoms with Gasteiger partial charge in [-0.2, -0.15) is 0 Å². The van der Waals surface area contributed by atoms with E-state index in [0.29, 0.717) is 6.04 Å². The van der Waals surface area contributed by atoms with Gasteiger partial charge in [0, 0.05) is 12.6 Å². The molecule has 0 spiro atoms. The summed E-state index contributed by atoms with van der Waals surface area (Å²) < 4.78 is 13.1. The van der Waals surface area contributed by atoms with Crippen LogP contribution in [-0.4, -0.2) is 31.6 Å². The zero-order chi connectivity index (χ0) is 12.3. The van der Waals surface area contributed by atoms with Crippen molar-refractivity contribution in [3.05, 3.63) is 35.6 Å². The van der Waals surface area contributed by atoms with Crippen LogP contribution in [-0.2, 0) is 6.54 Å². The third kappa shape index (κ3) is 3.05. The zero-order valence-electron chi connectivity index (χ0n) is 10.6. The minimum atomic E-state index is -0.142. The molecule has 1 aliphatic rings. The Labute approximate surface area is 103 Å². The molecule has 1 aliphatic carbocycles.